The van der Waals surface area contributed by atoms with Gasteiger partial charge in [0.05, 0.1) is 17.3 Å². The van der Waals surface area contributed by atoms with Crippen LogP contribution in [-0.2, 0) is 0 Å². The summed E-state index contributed by atoms with van der Waals surface area (Å²) < 4.78 is 2.04. The number of hydrogen-bond acceptors (Lipinski definition) is 6. The first-order valence-electron chi connectivity index (χ1n) is 12.1. The molecule has 5 heterocycles. The largest absolute Gasteiger partial charge is 0.506 e. The molecule has 9 heteroatoms. The summed E-state index contributed by atoms with van der Waals surface area (Å²) in [5.74, 6) is 0.675. The first kappa shape index (κ1) is 22.5. The van der Waals surface area contributed by atoms with Gasteiger partial charge in [-0.1, -0.05) is 24.3 Å². The highest BCUT2D eigenvalue weighted by Gasteiger charge is 2.42. The van der Waals surface area contributed by atoms with Crippen molar-refractivity contribution in [1.29, 1.82) is 0 Å². The fraction of sp³-hybridized carbons (Fsp3) is 0.296. The second-order valence-electron chi connectivity index (χ2n) is 9.62. The minimum atomic E-state index is -0.872. The maximum Gasteiger partial charge on any atom is 0.356 e. The van der Waals surface area contributed by atoms with Gasteiger partial charge in [-0.2, -0.15) is 4.68 Å². The molecule has 7 rings (SSSR count). The quantitative estimate of drug-likeness (QED) is 0.374. The molecule has 4 aromatic rings. The lowest BCUT2D eigenvalue weighted by atomic mass is 9.73. The van der Waals surface area contributed by atoms with Gasteiger partial charge < -0.3 is 10.2 Å². The number of phenols is 1. The van der Waals surface area contributed by atoms with Crippen LogP contribution in [0.25, 0.3) is 22.3 Å². The molecule has 0 aliphatic carbocycles. The molecule has 0 saturated carbocycles. The Labute approximate surface area is 206 Å². The number of nitrogens with one attached hydrogen (secondary N) is 1. The second kappa shape index (κ2) is 8.61. The molecule has 9 nitrogen and oxygen atoms in total. The van der Waals surface area contributed by atoms with Gasteiger partial charge in [0.25, 0.3) is 0 Å². The highest BCUT2D eigenvalue weighted by atomic mass is 16.3. The van der Waals surface area contributed by atoms with Gasteiger partial charge in [-0.15, -0.1) is 6.58 Å². The van der Waals surface area contributed by atoms with E-state index in [1.807, 2.05) is 6.08 Å². The number of para-hydroxylation sites is 1. The van der Waals surface area contributed by atoms with E-state index in [1.165, 1.54) is 6.07 Å². The van der Waals surface area contributed by atoms with E-state index in [0.29, 0.717) is 34.0 Å². The molecule has 2 bridgehead atoms. The minimum Gasteiger partial charge on any atom is -0.506 e. The number of aliphatic hydroxyl groups excluding tert-OH is 1. The summed E-state index contributed by atoms with van der Waals surface area (Å²) in [6, 6.07) is 13.3. The number of rotatable bonds is 5. The molecule has 5 atom stereocenters. The third-order valence-electron chi connectivity index (χ3n) is 7.76. The van der Waals surface area contributed by atoms with Crippen LogP contribution in [0.2, 0.25) is 0 Å². The first-order valence-corrected chi connectivity index (χ1v) is 12.1. The van der Waals surface area contributed by atoms with Crippen LogP contribution in [0.1, 0.15) is 24.5 Å². The molecular formula is C27H27N5O4. The third-order valence-corrected chi connectivity index (χ3v) is 7.76. The number of hydrogen-bond donors (Lipinski definition) is 3. The Bertz CT molecular complexity index is 1570. The zero-order chi connectivity index (χ0) is 25.0. The Morgan fingerprint density at radius 2 is 1.94 bits per heavy atom. The SMILES string of the molecule is C=C[C@@H]1CN2CCC1C[C@@H]2[C@@H](O)c1ccnc2ccc(O)c(-n3[nH]c(=O)n(-c4ccccc4)c3=O)c12. The molecule has 2 aromatic heterocycles. The van der Waals surface area contributed by atoms with Crippen molar-refractivity contribution in [1.82, 2.24) is 24.2 Å². The van der Waals surface area contributed by atoms with Gasteiger partial charge in [0.2, 0.25) is 0 Å². The molecule has 3 N–H and O–H groups in total. The van der Waals surface area contributed by atoms with Crippen LogP contribution in [0.3, 0.4) is 0 Å². The molecule has 3 aliphatic heterocycles. The summed E-state index contributed by atoms with van der Waals surface area (Å²) in [6.45, 7) is 5.74. The topological polar surface area (TPSA) is 116 Å². The number of aromatic nitrogens is 4. The van der Waals surface area contributed by atoms with Crippen LogP contribution in [0.4, 0.5) is 0 Å². The summed E-state index contributed by atoms with van der Waals surface area (Å²) in [5.41, 5.74) is 0.250. The number of piperidine rings is 3. The monoisotopic (exact) mass is 485 g/mol. The van der Waals surface area contributed by atoms with E-state index in [1.54, 1.807) is 48.7 Å². The molecule has 0 amide bonds. The Morgan fingerprint density at radius 3 is 2.67 bits per heavy atom. The summed E-state index contributed by atoms with van der Waals surface area (Å²) in [4.78, 5) is 33.0. The summed E-state index contributed by atoms with van der Waals surface area (Å²) >= 11 is 0. The fourth-order valence-corrected chi connectivity index (χ4v) is 5.97. The zero-order valence-electron chi connectivity index (χ0n) is 19.6. The summed E-state index contributed by atoms with van der Waals surface area (Å²) in [5, 5.41) is 25.6. The van der Waals surface area contributed by atoms with E-state index in [4.69, 9.17) is 0 Å². The van der Waals surface area contributed by atoms with E-state index < -0.39 is 17.5 Å². The van der Waals surface area contributed by atoms with Gasteiger partial charge >= 0.3 is 11.4 Å². The fourth-order valence-electron chi connectivity index (χ4n) is 5.97. The van der Waals surface area contributed by atoms with E-state index in [9.17, 15) is 19.8 Å². The Balaban J connectivity index is 1.52. The second-order valence-corrected chi connectivity index (χ2v) is 9.62. The molecule has 2 aromatic carbocycles. The highest BCUT2D eigenvalue weighted by molar-refractivity contribution is 5.93. The van der Waals surface area contributed by atoms with Crippen LogP contribution < -0.4 is 11.4 Å². The highest BCUT2D eigenvalue weighted by Crippen LogP contribution is 2.43. The maximum atomic E-state index is 13.4. The number of H-pyrrole nitrogens is 1. The maximum absolute atomic E-state index is 13.4. The predicted octanol–water partition coefficient (Wildman–Crippen LogP) is 2.50. The lowest BCUT2D eigenvalue weighted by molar-refractivity contribution is -0.0444. The van der Waals surface area contributed by atoms with Crippen LogP contribution in [-0.4, -0.2) is 53.6 Å². The molecule has 2 unspecified atom stereocenters. The molecule has 36 heavy (non-hydrogen) atoms. The molecule has 184 valence electrons. The van der Waals surface area contributed by atoms with Crippen molar-refractivity contribution in [3.05, 3.63) is 93.9 Å². The standard InChI is InChI=1S/C27H27N5O4/c1-2-16-15-30-13-11-17(16)14-21(30)25(34)19-10-12-28-20-8-9-22(33)24(23(19)20)32-27(36)31(26(35)29-32)18-6-4-3-5-7-18/h2-10,12,16-17,21,25,33-34H,1,11,13-15H2,(H,29,35)/t16-,17?,21-,25+/m1/s1. The van der Waals surface area contributed by atoms with Crippen LogP contribution in [0.5, 0.6) is 5.75 Å². The number of nitrogens with zero attached hydrogens (tertiary/aromatic N) is 4. The van der Waals surface area contributed by atoms with Crippen LogP contribution >= 0.6 is 0 Å². The minimum absolute atomic E-state index is 0.0892. The van der Waals surface area contributed by atoms with Gasteiger partial charge in [0.15, 0.2) is 0 Å². The van der Waals surface area contributed by atoms with E-state index in [-0.39, 0.29) is 17.5 Å². The van der Waals surface area contributed by atoms with E-state index in [2.05, 4.69) is 21.6 Å². The van der Waals surface area contributed by atoms with Crippen molar-refractivity contribution >= 4 is 10.9 Å². The average molecular weight is 486 g/mol. The molecule has 0 radical (unpaired) electrons. The van der Waals surface area contributed by atoms with E-state index in [0.717, 1.165) is 35.2 Å². The molecule has 3 fully saturated rings. The van der Waals surface area contributed by atoms with Gasteiger partial charge in [0, 0.05) is 24.2 Å². The summed E-state index contributed by atoms with van der Waals surface area (Å²) in [7, 11) is 0. The van der Waals surface area contributed by atoms with Gasteiger partial charge in [-0.05, 0) is 67.1 Å². The number of phenolic OH excluding ortho intramolecular Hbond substituents is 1. The van der Waals surface area contributed by atoms with Crippen LogP contribution in [0, 0.1) is 11.8 Å². The number of fused-ring (bicyclic) bond motifs is 4. The molecular weight excluding hydrogens is 458 g/mol. The average Bonchev–Trinajstić information content (AvgIpc) is 3.21. The van der Waals surface area contributed by atoms with Crippen molar-refractivity contribution in [2.45, 2.75) is 25.0 Å². The number of aromatic hydroxyl groups is 1. The number of pyridine rings is 1. The lowest BCUT2D eigenvalue weighted by Gasteiger charge is -2.50. The molecule has 0 spiro atoms. The number of benzene rings is 2. The van der Waals surface area contributed by atoms with Gasteiger partial charge in [-0.3, -0.25) is 9.88 Å². The van der Waals surface area contributed by atoms with Crippen molar-refractivity contribution in [3.8, 4) is 17.1 Å². The predicted molar refractivity (Wildman–Crippen MR) is 136 cm³/mol. The van der Waals surface area contributed by atoms with Crippen molar-refractivity contribution in [2.75, 3.05) is 13.1 Å². The number of aromatic amines is 1. The smallest absolute Gasteiger partial charge is 0.356 e. The third kappa shape index (κ3) is 3.42. The van der Waals surface area contributed by atoms with Gasteiger partial charge in [-0.25, -0.2) is 19.3 Å². The van der Waals surface area contributed by atoms with Crippen molar-refractivity contribution < 1.29 is 10.2 Å². The zero-order valence-corrected chi connectivity index (χ0v) is 19.6. The van der Waals surface area contributed by atoms with Crippen molar-refractivity contribution in [3.63, 3.8) is 0 Å². The normalized spacial score (nSPS) is 24.1. The Kier molecular flexibility index (Phi) is 5.39. The van der Waals surface area contributed by atoms with E-state index >= 15 is 0 Å². The Hall–Kier alpha value is -3.95. The summed E-state index contributed by atoms with van der Waals surface area (Å²) in [6.07, 6.45) is 4.66. The van der Waals surface area contributed by atoms with Crippen molar-refractivity contribution in [2.24, 2.45) is 11.8 Å². The lowest BCUT2D eigenvalue weighted by Crippen LogP contribution is -2.54. The van der Waals surface area contributed by atoms with Crippen LogP contribution in [0.15, 0.2) is 77.0 Å². The molecule has 3 saturated heterocycles. The molecule has 3 aliphatic rings. The first-order chi connectivity index (χ1) is 17.5. The number of aliphatic hydroxyl groups is 1. The van der Waals surface area contributed by atoms with Gasteiger partial charge in [0.1, 0.15) is 11.4 Å². The Morgan fingerprint density at radius 1 is 1.14 bits per heavy atom.